The molecule has 0 atom stereocenters. The monoisotopic (exact) mass is 304 g/mol. The molecule has 3 heteroatoms. The number of aldehydes is 1. The third kappa shape index (κ3) is 2.64. The summed E-state index contributed by atoms with van der Waals surface area (Å²) in [7, 11) is 0. The first-order valence-electron chi connectivity index (χ1n) is 4.03. The van der Waals surface area contributed by atoms with Crippen molar-refractivity contribution in [3.05, 3.63) is 35.4 Å². The Bertz CT molecular complexity index is 308. The second kappa shape index (κ2) is 4.38. The van der Waals surface area contributed by atoms with Crippen LogP contribution in [0.5, 0.6) is 0 Å². The van der Waals surface area contributed by atoms with E-state index in [2.05, 4.69) is 38.8 Å². The van der Waals surface area contributed by atoms with Gasteiger partial charge < -0.3 is 4.79 Å². The lowest BCUT2D eigenvalue weighted by Crippen LogP contribution is -2.10. The molecule has 0 saturated heterocycles. The Morgan fingerprint density at radius 1 is 1.46 bits per heavy atom. The topological polar surface area (TPSA) is 17.1 Å². The van der Waals surface area contributed by atoms with Crippen molar-refractivity contribution in [3.8, 4) is 0 Å². The summed E-state index contributed by atoms with van der Waals surface area (Å²) in [6, 6.07) is 7.92. The molecule has 0 heterocycles. The van der Waals surface area contributed by atoms with Gasteiger partial charge in [-0.05, 0) is 17.5 Å². The van der Waals surface area contributed by atoms with Gasteiger partial charge in [-0.15, -0.1) is 0 Å². The van der Waals surface area contributed by atoms with Crippen molar-refractivity contribution in [1.82, 2.24) is 0 Å². The number of rotatable bonds is 3. The molecule has 1 aromatic rings. The Morgan fingerprint density at radius 2 is 2.15 bits per heavy atom. The lowest BCUT2D eigenvalue weighted by molar-refractivity contribution is -0.107. The Kier molecular flexibility index (Phi) is 3.68. The second-order valence-electron chi connectivity index (χ2n) is 2.79. The number of benzene rings is 1. The number of halogens is 2. The van der Waals surface area contributed by atoms with E-state index >= 15 is 0 Å². The lowest BCUT2D eigenvalue weighted by Gasteiger charge is -2.13. The van der Waals surface area contributed by atoms with E-state index < -0.39 is 3.23 Å². The molecule has 0 bridgehead atoms. The van der Waals surface area contributed by atoms with Gasteiger partial charge in [-0.2, -0.15) is 0 Å². The zero-order valence-corrected chi connectivity index (χ0v) is 10.4. The van der Waals surface area contributed by atoms with Crippen molar-refractivity contribution in [2.24, 2.45) is 0 Å². The van der Waals surface area contributed by atoms with Crippen molar-refractivity contribution in [3.63, 3.8) is 0 Å². The summed E-state index contributed by atoms with van der Waals surface area (Å²) in [6.07, 6.45) is 1.81. The molecule has 0 amide bonds. The predicted octanol–water partition coefficient (Wildman–Crippen LogP) is 3.39. The van der Waals surface area contributed by atoms with Crippen molar-refractivity contribution in [2.75, 3.05) is 0 Å². The van der Waals surface area contributed by atoms with Gasteiger partial charge in [0.05, 0.1) is 0 Å². The fourth-order valence-corrected chi connectivity index (χ4v) is 1.56. The van der Waals surface area contributed by atoms with Gasteiger partial charge in [0, 0.05) is 0 Å². The molecule has 0 aliphatic carbocycles. The summed E-state index contributed by atoms with van der Waals surface area (Å²) in [5.74, 6) is 0. The summed E-state index contributed by atoms with van der Waals surface area (Å²) in [5, 5.41) is 0. The van der Waals surface area contributed by atoms with Crippen LogP contribution in [0.25, 0.3) is 0 Å². The van der Waals surface area contributed by atoms with Gasteiger partial charge in [0.15, 0.2) is 9.52 Å². The number of hydrogen-bond donors (Lipinski definition) is 0. The van der Waals surface area contributed by atoms with Crippen LogP contribution in [0.1, 0.15) is 18.1 Å². The molecule has 0 aliphatic rings. The molecule has 0 N–H and O–H groups in total. The standard InChI is InChI=1S/C10H10Br2O/c1-2-8-4-3-5-9(6-8)10(11,12)7-13/h3-7H,2H2,1H3. The molecule has 0 aliphatic heterocycles. The molecule has 70 valence electrons. The maximum atomic E-state index is 10.7. The minimum Gasteiger partial charge on any atom is -0.300 e. The third-order valence-electron chi connectivity index (χ3n) is 1.87. The average molecular weight is 306 g/mol. The number of carbonyl (C=O) groups excluding carboxylic acids is 1. The minimum atomic E-state index is -0.731. The first-order chi connectivity index (χ1) is 6.10. The van der Waals surface area contributed by atoms with E-state index in [9.17, 15) is 4.79 Å². The van der Waals surface area contributed by atoms with Crippen LogP contribution < -0.4 is 0 Å². The number of hydrogen-bond acceptors (Lipinski definition) is 1. The molecule has 1 rings (SSSR count). The van der Waals surface area contributed by atoms with Gasteiger partial charge in [-0.3, -0.25) is 0 Å². The van der Waals surface area contributed by atoms with Crippen LogP contribution in [0.3, 0.4) is 0 Å². The van der Waals surface area contributed by atoms with Crippen molar-refractivity contribution >= 4 is 38.1 Å². The van der Waals surface area contributed by atoms with Crippen LogP contribution in [0, 0.1) is 0 Å². The lowest BCUT2D eigenvalue weighted by atomic mass is 10.1. The van der Waals surface area contributed by atoms with Gasteiger partial charge >= 0.3 is 0 Å². The van der Waals surface area contributed by atoms with E-state index in [1.807, 2.05) is 24.3 Å². The molecule has 1 nitrogen and oxygen atoms in total. The zero-order valence-electron chi connectivity index (χ0n) is 7.26. The van der Waals surface area contributed by atoms with Gasteiger partial charge in [-0.1, -0.05) is 63.0 Å². The average Bonchev–Trinajstić information content (AvgIpc) is 2.18. The Balaban J connectivity index is 3.08. The van der Waals surface area contributed by atoms with Gasteiger partial charge in [0.2, 0.25) is 0 Å². The predicted molar refractivity (Wildman–Crippen MR) is 61.4 cm³/mol. The van der Waals surface area contributed by atoms with E-state index in [4.69, 9.17) is 0 Å². The van der Waals surface area contributed by atoms with Crippen LogP contribution in [0.4, 0.5) is 0 Å². The molecular formula is C10H10Br2O. The highest BCUT2D eigenvalue weighted by molar-refractivity contribution is 9.25. The quantitative estimate of drug-likeness (QED) is 0.618. The van der Waals surface area contributed by atoms with Gasteiger partial charge in [0.25, 0.3) is 0 Å². The second-order valence-corrected chi connectivity index (χ2v) is 6.36. The summed E-state index contributed by atoms with van der Waals surface area (Å²) < 4.78 is -0.731. The smallest absolute Gasteiger partial charge is 0.160 e. The molecule has 0 spiro atoms. The van der Waals surface area contributed by atoms with Crippen molar-refractivity contribution in [2.45, 2.75) is 16.6 Å². The molecule has 13 heavy (non-hydrogen) atoms. The third-order valence-corrected chi connectivity index (χ3v) is 3.16. The molecule has 0 radical (unpaired) electrons. The summed E-state index contributed by atoms with van der Waals surface area (Å²) >= 11 is 6.60. The number of aryl methyl sites for hydroxylation is 1. The normalized spacial score (nSPS) is 11.3. The van der Waals surface area contributed by atoms with E-state index in [-0.39, 0.29) is 0 Å². The van der Waals surface area contributed by atoms with Crippen LogP contribution in [-0.4, -0.2) is 6.29 Å². The summed E-state index contributed by atoms with van der Waals surface area (Å²) in [4.78, 5) is 10.7. The van der Waals surface area contributed by atoms with E-state index in [1.54, 1.807) is 0 Å². The van der Waals surface area contributed by atoms with Gasteiger partial charge in [0.1, 0.15) is 0 Å². The van der Waals surface area contributed by atoms with Crippen LogP contribution in [0.15, 0.2) is 24.3 Å². The maximum absolute atomic E-state index is 10.7. The first-order valence-corrected chi connectivity index (χ1v) is 5.62. The number of carbonyl (C=O) groups is 1. The molecular weight excluding hydrogens is 296 g/mol. The SMILES string of the molecule is CCc1cccc(C(Br)(Br)C=O)c1. The largest absolute Gasteiger partial charge is 0.300 e. The number of alkyl halides is 2. The Labute approximate surface area is 94.8 Å². The fourth-order valence-electron chi connectivity index (χ4n) is 1.07. The highest BCUT2D eigenvalue weighted by Crippen LogP contribution is 2.35. The van der Waals surface area contributed by atoms with Crippen molar-refractivity contribution in [1.29, 1.82) is 0 Å². The minimum absolute atomic E-state index is 0.731. The van der Waals surface area contributed by atoms with Gasteiger partial charge in [-0.25, -0.2) is 0 Å². The van der Waals surface area contributed by atoms with Crippen molar-refractivity contribution < 1.29 is 4.79 Å². The zero-order chi connectivity index (χ0) is 9.90. The molecule has 1 aromatic carbocycles. The molecule has 0 fully saturated rings. The van der Waals surface area contributed by atoms with Crippen LogP contribution in [0.2, 0.25) is 0 Å². The van der Waals surface area contributed by atoms with E-state index in [0.717, 1.165) is 18.3 Å². The van der Waals surface area contributed by atoms with E-state index in [1.165, 1.54) is 5.56 Å². The molecule has 0 aromatic heterocycles. The molecule has 0 unspecified atom stereocenters. The molecule has 0 saturated carbocycles. The summed E-state index contributed by atoms with van der Waals surface area (Å²) in [5.41, 5.74) is 2.16. The highest BCUT2D eigenvalue weighted by Gasteiger charge is 2.24. The highest BCUT2D eigenvalue weighted by atomic mass is 79.9. The summed E-state index contributed by atoms with van der Waals surface area (Å²) in [6.45, 7) is 2.09. The fraction of sp³-hybridized carbons (Fsp3) is 0.300. The van der Waals surface area contributed by atoms with Crippen LogP contribution >= 0.6 is 31.9 Å². The maximum Gasteiger partial charge on any atom is 0.160 e. The van der Waals surface area contributed by atoms with Crippen LogP contribution in [-0.2, 0) is 14.4 Å². The first kappa shape index (κ1) is 10.9. The van der Waals surface area contributed by atoms with E-state index in [0.29, 0.717) is 0 Å². The Morgan fingerprint density at radius 3 is 2.69 bits per heavy atom. The Hall–Kier alpha value is -0.150.